The van der Waals surface area contributed by atoms with Crippen LogP contribution in [0.25, 0.3) is 22.2 Å². The van der Waals surface area contributed by atoms with E-state index >= 15 is 0 Å². The molecule has 5 rings (SSSR count). The number of fused-ring (bicyclic) bond motifs is 1. The maximum absolute atomic E-state index is 9.16. The van der Waals surface area contributed by atoms with Crippen molar-refractivity contribution in [3.05, 3.63) is 59.4 Å². The van der Waals surface area contributed by atoms with E-state index in [0.29, 0.717) is 29.0 Å². The summed E-state index contributed by atoms with van der Waals surface area (Å²) in [6, 6.07) is 11.9. The van der Waals surface area contributed by atoms with Crippen LogP contribution in [0.2, 0.25) is 5.02 Å². The minimum absolute atomic E-state index is 0.115. The minimum Gasteiger partial charge on any atom is -0.497 e. The third-order valence-electron chi connectivity index (χ3n) is 6.46. The zero-order valence-electron chi connectivity index (χ0n) is 20.4. The van der Waals surface area contributed by atoms with Crippen LogP contribution in [0.3, 0.4) is 0 Å². The van der Waals surface area contributed by atoms with Crippen LogP contribution in [0.4, 0.5) is 11.6 Å². The fourth-order valence-corrected chi connectivity index (χ4v) is 4.79. The Hall–Kier alpha value is -3.33. The third kappa shape index (κ3) is 5.41. The van der Waals surface area contributed by atoms with Gasteiger partial charge in [0, 0.05) is 66.2 Å². The smallest absolute Gasteiger partial charge is 0.227 e. The molecule has 3 N–H and O–H groups in total. The first-order valence-corrected chi connectivity index (χ1v) is 12.5. The second kappa shape index (κ2) is 10.7. The van der Waals surface area contributed by atoms with Gasteiger partial charge in [0.15, 0.2) is 0 Å². The Morgan fingerprint density at radius 1 is 1.17 bits per heavy atom. The van der Waals surface area contributed by atoms with Crippen molar-refractivity contribution in [1.29, 1.82) is 0 Å². The van der Waals surface area contributed by atoms with Crippen molar-refractivity contribution in [2.24, 2.45) is 0 Å². The number of anilines is 2. The first-order valence-electron chi connectivity index (χ1n) is 12.1. The number of ether oxygens (including phenoxy) is 2. The van der Waals surface area contributed by atoms with Crippen LogP contribution in [0, 0.1) is 6.92 Å². The first-order chi connectivity index (χ1) is 17.5. The highest BCUT2D eigenvalue weighted by Gasteiger charge is 2.21. The molecule has 4 aromatic rings. The van der Waals surface area contributed by atoms with Crippen LogP contribution in [0.1, 0.15) is 18.4 Å². The van der Waals surface area contributed by atoms with Gasteiger partial charge in [-0.25, -0.2) is 9.97 Å². The maximum Gasteiger partial charge on any atom is 0.227 e. The molecular weight excluding hydrogens is 478 g/mol. The Morgan fingerprint density at radius 2 is 1.97 bits per heavy atom. The van der Waals surface area contributed by atoms with Crippen molar-refractivity contribution in [3.8, 4) is 22.8 Å². The SMILES string of the molecule is COc1cc(Nc2ncc(Cl)c(-c3c[nH]c4cc(C)ccc34)n2)cc(OC2CCN(CCO)CC2)c1. The van der Waals surface area contributed by atoms with Crippen molar-refractivity contribution < 1.29 is 14.6 Å². The minimum atomic E-state index is 0.115. The fraction of sp³-hybridized carbons (Fsp3) is 0.333. The van der Waals surface area contributed by atoms with Crippen LogP contribution >= 0.6 is 11.6 Å². The predicted octanol–water partition coefficient (Wildman–Crippen LogP) is 5.17. The largest absolute Gasteiger partial charge is 0.497 e. The molecule has 0 saturated carbocycles. The van der Waals surface area contributed by atoms with Gasteiger partial charge in [-0.05, 0) is 31.4 Å². The number of nitrogens with one attached hydrogen (secondary N) is 2. The summed E-state index contributed by atoms with van der Waals surface area (Å²) in [5.74, 6) is 1.82. The molecule has 1 aliphatic heterocycles. The van der Waals surface area contributed by atoms with E-state index in [1.54, 1.807) is 13.3 Å². The summed E-state index contributed by atoms with van der Waals surface area (Å²) < 4.78 is 11.8. The van der Waals surface area contributed by atoms with Crippen molar-refractivity contribution in [3.63, 3.8) is 0 Å². The molecule has 36 heavy (non-hydrogen) atoms. The Balaban J connectivity index is 1.36. The molecular formula is C27H30ClN5O3. The lowest BCUT2D eigenvalue weighted by Gasteiger charge is -2.31. The summed E-state index contributed by atoms with van der Waals surface area (Å²) in [5, 5.41) is 14.0. The van der Waals surface area contributed by atoms with Crippen molar-refractivity contribution in [2.45, 2.75) is 25.9 Å². The van der Waals surface area contributed by atoms with Crippen molar-refractivity contribution in [1.82, 2.24) is 19.9 Å². The summed E-state index contributed by atoms with van der Waals surface area (Å²) in [5.41, 5.74) is 4.54. The molecule has 1 aliphatic rings. The zero-order valence-corrected chi connectivity index (χ0v) is 21.2. The maximum atomic E-state index is 9.16. The number of hydrogen-bond donors (Lipinski definition) is 3. The number of aromatic nitrogens is 3. The highest BCUT2D eigenvalue weighted by molar-refractivity contribution is 6.33. The van der Waals surface area contributed by atoms with E-state index in [4.69, 9.17) is 31.2 Å². The predicted molar refractivity (Wildman–Crippen MR) is 143 cm³/mol. The van der Waals surface area contributed by atoms with E-state index in [9.17, 15) is 0 Å². The number of benzene rings is 2. The molecule has 8 nitrogen and oxygen atoms in total. The number of piperidine rings is 1. The molecule has 0 amide bonds. The van der Waals surface area contributed by atoms with Crippen LogP contribution in [0.5, 0.6) is 11.5 Å². The first kappa shape index (κ1) is 24.4. The van der Waals surface area contributed by atoms with E-state index in [0.717, 1.165) is 53.8 Å². The number of rotatable bonds is 8. The van der Waals surface area contributed by atoms with E-state index in [-0.39, 0.29) is 12.7 Å². The Labute approximate surface area is 215 Å². The van der Waals surface area contributed by atoms with Crippen LogP contribution in [0.15, 0.2) is 48.8 Å². The van der Waals surface area contributed by atoms with E-state index in [1.165, 1.54) is 5.56 Å². The van der Waals surface area contributed by atoms with Crippen molar-refractivity contribution >= 4 is 34.1 Å². The van der Waals surface area contributed by atoms with Gasteiger partial charge < -0.3 is 29.8 Å². The number of β-amino-alcohol motifs (C(OH)–C–C–N with tert-alkyl or cyclic N) is 1. The number of nitrogens with zero attached hydrogens (tertiary/aromatic N) is 3. The third-order valence-corrected chi connectivity index (χ3v) is 6.74. The molecule has 0 atom stereocenters. The molecule has 3 heterocycles. The molecule has 0 unspecified atom stereocenters. The van der Waals surface area contributed by atoms with Gasteiger partial charge >= 0.3 is 0 Å². The molecule has 2 aromatic heterocycles. The summed E-state index contributed by atoms with van der Waals surface area (Å²) in [6.07, 6.45) is 5.47. The molecule has 0 spiro atoms. The van der Waals surface area contributed by atoms with Gasteiger partial charge in [0.1, 0.15) is 17.6 Å². The second-order valence-electron chi connectivity index (χ2n) is 9.05. The van der Waals surface area contributed by atoms with E-state index in [1.807, 2.05) is 24.4 Å². The number of aliphatic hydroxyl groups excluding tert-OH is 1. The summed E-state index contributed by atoms with van der Waals surface area (Å²) >= 11 is 6.51. The van der Waals surface area contributed by atoms with Gasteiger partial charge in [-0.2, -0.15) is 0 Å². The number of hydrogen-bond acceptors (Lipinski definition) is 7. The number of aryl methyl sites for hydroxylation is 1. The molecule has 2 aromatic carbocycles. The fourth-order valence-electron chi connectivity index (χ4n) is 4.60. The van der Waals surface area contributed by atoms with Gasteiger partial charge in [0.05, 0.1) is 30.6 Å². The average molecular weight is 508 g/mol. The summed E-state index contributed by atoms with van der Waals surface area (Å²) in [7, 11) is 1.63. The number of likely N-dealkylation sites (tertiary alicyclic amines) is 1. The number of aliphatic hydroxyl groups is 1. The molecule has 188 valence electrons. The standard InChI is InChI=1S/C27H30ClN5O3/c1-17-3-4-22-23(15-29-25(22)11-17)26-24(28)16-30-27(32-26)31-18-12-20(35-2)14-21(13-18)36-19-5-7-33(8-6-19)9-10-34/h3-4,11-16,19,29,34H,5-10H2,1-2H3,(H,30,31,32). The van der Waals surface area contributed by atoms with Crippen LogP contribution in [-0.2, 0) is 0 Å². The van der Waals surface area contributed by atoms with Gasteiger partial charge in [-0.15, -0.1) is 0 Å². The lowest BCUT2D eigenvalue weighted by molar-refractivity contribution is 0.0888. The lowest BCUT2D eigenvalue weighted by atomic mass is 10.1. The number of aromatic amines is 1. The molecule has 9 heteroatoms. The quantitative estimate of drug-likeness (QED) is 0.302. The highest BCUT2D eigenvalue weighted by Crippen LogP contribution is 2.34. The second-order valence-corrected chi connectivity index (χ2v) is 9.45. The van der Waals surface area contributed by atoms with E-state index in [2.05, 4.69) is 45.3 Å². The zero-order chi connectivity index (χ0) is 25.1. The van der Waals surface area contributed by atoms with Crippen LogP contribution < -0.4 is 14.8 Å². The molecule has 1 fully saturated rings. The normalized spacial score (nSPS) is 14.8. The molecule has 1 saturated heterocycles. The number of H-pyrrole nitrogens is 1. The van der Waals surface area contributed by atoms with Crippen LogP contribution in [-0.4, -0.2) is 64.4 Å². The Kier molecular flexibility index (Phi) is 7.27. The number of methoxy groups -OCH3 is 1. The summed E-state index contributed by atoms with van der Waals surface area (Å²) in [6.45, 7) is 4.78. The van der Waals surface area contributed by atoms with Gasteiger partial charge in [-0.1, -0.05) is 23.7 Å². The molecule has 0 aliphatic carbocycles. The number of halogens is 1. The van der Waals surface area contributed by atoms with E-state index < -0.39 is 0 Å². The monoisotopic (exact) mass is 507 g/mol. The average Bonchev–Trinajstić information content (AvgIpc) is 3.29. The topological polar surface area (TPSA) is 95.5 Å². The summed E-state index contributed by atoms with van der Waals surface area (Å²) in [4.78, 5) is 14.7. The van der Waals surface area contributed by atoms with Crippen molar-refractivity contribution in [2.75, 3.05) is 38.7 Å². The van der Waals surface area contributed by atoms with Gasteiger partial charge in [0.25, 0.3) is 0 Å². The Morgan fingerprint density at radius 3 is 2.75 bits per heavy atom. The molecule has 0 bridgehead atoms. The van der Waals surface area contributed by atoms with Gasteiger partial charge in [0.2, 0.25) is 5.95 Å². The highest BCUT2D eigenvalue weighted by atomic mass is 35.5. The van der Waals surface area contributed by atoms with Gasteiger partial charge in [-0.3, -0.25) is 0 Å². The molecule has 0 radical (unpaired) electrons. The lowest BCUT2D eigenvalue weighted by Crippen LogP contribution is -2.39. The Bertz CT molecular complexity index is 1350.